The zero-order valence-corrected chi connectivity index (χ0v) is 14.7. The summed E-state index contributed by atoms with van der Waals surface area (Å²) in [5, 5.41) is 12.5. The highest BCUT2D eigenvalue weighted by Crippen LogP contribution is 2.38. The summed E-state index contributed by atoms with van der Waals surface area (Å²) < 4.78 is 44.2. The number of aromatic nitrogens is 2. The van der Waals surface area contributed by atoms with E-state index in [2.05, 4.69) is 9.84 Å². The van der Waals surface area contributed by atoms with Gasteiger partial charge in [-0.2, -0.15) is 18.4 Å². The fourth-order valence-corrected chi connectivity index (χ4v) is 2.91. The van der Waals surface area contributed by atoms with Gasteiger partial charge in [-0.25, -0.2) is 4.68 Å². The summed E-state index contributed by atoms with van der Waals surface area (Å²) in [6.45, 7) is 0. The number of esters is 1. The maximum Gasteiger partial charge on any atom is 0.416 e. The maximum absolute atomic E-state index is 12.9. The molecule has 0 aliphatic rings. The molecule has 0 atom stereocenters. The van der Waals surface area contributed by atoms with E-state index in [1.807, 2.05) is 6.07 Å². The van der Waals surface area contributed by atoms with Gasteiger partial charge in [0.2, 0.25) is 0 Å². The molecular weight excluding hydrogens is 396 g/mol. The second-order valence-corrected chi connectivity index (χ2v) is 5.91. The van der Waals surface area contributed by atoms with E-state index < -0.39 is 17.7 Å². The van der Waals surface area contributed by atoms with Gasteiger partial charge >= 0.3 is 12.1 Å². The van der Waals surface area contributed by atoms with Gasteiger partial charge in [0.1, 0.15) is 17.3 Å². The molecule has 6 nitrogen and oxygen atoms in total. The Balaban J connectivity index is 2.62. The lowest BCUT2D eigenvalue weighted by molar-refractivity contribution is -0.140. The van der Waals surface area contributed by atoms with Crippen LogP contribution in [0.2, 0.25) is 10.0 Å². The van der Waals surface area contributed by atoms with E-state index >= 15 is 0 Å². The Morgan fingerprint density at radius 3 is 2.42 bits per heavy atom. The topological polar surface area (TPSA) is 93.9 Å². The second kappa shape index (κ2) is 7.43. The van der Waals surface area contributed by atoms with Gasteiger partial charge in [-0.15, -0.1) is 5.10 Å². The van der Waals surface area contributed by atoms with Crippen LogP contribution in [-0.4, -0.2) is 22.9 Å². The monoisotopic (exact) mass is 406 g/mol. The number of alkyl halides is 3. The number of rotatable bonds is 4. The first-order valence-electron chi connectivity index (χ1n) is 7.01. The third-order valence-electron chi connectivity index (χ3n) is 3.47. The van der Waals surface area contributed by atoms with Crippen LogP contribution in [0, 0.1) is 11.3 Å². The predicted octanol–water partition coefficient (Wildman–Crippen LogP) is 3.76. The van der Waals surface area contributed by atoms with Crippen molar-refractivity contribution in [3.05, 3.63) is 39.0 Å². The molecule has 0 aliphatic carbocycles. The van der Waals surface area contributed by atoms with Crippen molar-refractivity contribution < 1.29 is 22.7 Å². The van der Waals surface area contributed by atoms with Crippen LogP contribution in [0.15, 0.2) is 12.1 Å². The number of carbonyl (C=O) groups excluding carboxylic acids is 1. The van der Waals surface area contributed by atoms with Gasteiger partial charge in [-0.05, 0) is 12.1 Å². The minimum atomic E-state index is -4.64. The molecule has 0 spiro atoms. The van der Waals surface area contributed by atoms with Crippen LogP contribution >= 0.6 is 23.2 Å². The molecule has 0 unspecified atom stereocenters. The largest absolute Gasteiger partial charge is 0.469 e. The summed E-state index contributed by atoms with van der Waals surface area (Å²) in [6, 6.07) is 3.23. The van der Waals surface area contributed by atoms with Gasteiger partial charge < -0.3 is 10.5 Å². The lowest BCUT2D eigenvalue weighted by Crippen LogP contribution is -2.10. The van der Waals surface area contributed by atoms with E-state index in [-0.39, 0.29) is 45.6 Å². The van der Waals surface area contributed by atoms with Crippen molar-refractivity contribution in [3.63, 3.8) is 0 Å². The summed E-state index contributed by atoms with van der Waals surface area (Å²) in [7, 11) is 1.20. The number of carbonyl (C=O) groups is 1. The van der Waals surface area contributed by atoms with E-state index in [4.69, 9.17) is 28.9 Å². The summed E-state index contributed by atoms with van der Waals surface area (Å²) in [6.07, 6.45) is -4.75. The van der Waals surface area contributed by atoms with Crippen molar-refractivity contribution in [2.24, 2.45) is 0 Å². The molecule has 0 bridgehead atoms. The first-order valence-corrected chi connectivity index (χ1v) is 7.76. The van der Waals surface area contributed by atoms with Gasteiger partial charge in [0.25, 0.3) is 0 Å². The fourth-order valence-electron chi connectivity index (χ4n) is 2.26. The number of nitrogens with two attached hydrogens (primary N) is 1. The van der Waals surface area contributed by atoms with Gasteiger partial charge in [-0.3, -0.25) is 4.79 Å². The highest BCUT2D eigenvalue weighted by atomic mass is 35.5. The molecule has 2 N–H and O–H groups in total. The smallest absolute Gasteiger partial charge is 0.416 e. The molecule has 11 heteroatoms. The number of nitriles is 1. The van der Waals surface area contributed by atoms with E-state index in [0.717, 1.165) is 4.68 Å². The van der Waals surface area contributed by atoms with Crippen molar-refractivity contribution in [2.75, 3.05) is 12.8 Å². The van der Waals surface area contributed by atoms with E-state index in [9.17, 15) is 23.2 Å². The van der Waals surface area contributed by atoms with Gasteiger partial charge in [0, 0.05) is 6.42 Å². The average molecular weight is 407 g/mol. The summed E-state index contributed by atoms with van der Waals surface area (Å²) in [4.78, 5) is 11.4. The van der Waals surface area contributed by atoms with Gasteiger partial charge in [0.05, 0.1) is 34.8 Å². The maximum atomic E-state index is 12.9. The van der Waals surface area contributed by atoms with Crippen molar-refractivity contribution in [3.8, 4) is 11.8 Å². The molecule has 2 rings (SSSR count). The van der Waals surface area contributed by atoms with Crippen LogP contribution in [-0.2, 0) is 22.1 Å². The average Bonchev–Trinajstić information content (AvgIpc) is 2.86. The van der Waals surface area contributed by atoms with Crippen LogP contribution in [0.1, 0.15) is 23.2 Å². The Morgan fingerprint density at radius 1 is 1.38 bits per heavy atom. The van der Waals surface area contributed by atoms with Crippen LogP contribution < -0.4 is 5.73 Å². The highest BCUT2D eigenvalue weighted by Gasteiger charge is 2.33. The lowest BCUT2D eigenvalue weighted by atomic mass is 10.1. The molecule has 2 aromatic rings. The Bertz CT molecular complexity index is 881. The second-order valence-electron chi connectivity index (χ2n) is 5.09. The van der Waals surface area contributed by atoms with Crippen molar-refractivity contribution >= 4 is 35.0 Å². The quantitative estimate of drug-likeness (QED) is 0.780. The molecule has 1 aromatic heterocycles. The lowest BCUT2D eigenvalue weighted by Gasteiger charge is -2.14. The van der Waals surface area contributed by atoms with Crippen molar-refractivity contribution in [2.45, 2.75) is 19.0 Å². The third-order valence-corrected chi connectivity index (χ3v) is 4.05. The number of benzene rings is 1. The number of hydrogen-bond acceptors (Lipinski definition) is 5. The van der Waals surface area contributed by atoms with E-state index in [0.29, 0.717) is 12.1 Å². The summed E-state index contributed by atoms with van der Waals surface area (Å²) in [5.74, 6) is -0.718. The molecule has 0 radical (unpaired) electrons. The number of hydrogen-bond donors (Lipinski definition) is 1. The summed E-state index contributed by atoms with van der Waals surface area (Å²) in [5.41, 5.74) is 4.74. The van der Waals surface area contributed by atoms with Crippen LogP contribution in [0.3, 0.4) is 0 Å². The first kappa shape index (κ1) is 19.9. The minimum Gasteiger partial charge on any atom is -0.469 e. The molecule has 0 saturated heterocycles. The molecule has 0 aliphatic heterocycles. The molecule has 1 aromatic carbocycles. The molecule has 0 fully saturated rings. The van der Waals surface area contributed by atoms with E-state index in [1.54, 1.807) is 0 Å². The van der Waals surface area contributed by atoms with Gasteiger partial charge in [0.15, 0.2) is 5.82 Å². The zero-order valence-electron chi connectivity index (χ0n) is 13.2. The number of ether oxygens (including phenoxy) is 1. The van der Waals surface area contributed by atoms with Crippen LogP contribution in [0.4, 0.5) is 19.0 Å². The number of nitrogens with zero attached hydrogens (tertiary/aromatic N) is 3. The molecule has 138 valence electrons. The Kier molecular flexibility index (Phi) is 5.68. The third kappa shape index (κ3) is 3.86. The number of halogens is 5. The Hall–Kier alpha value is -2.44. The SMILES string of the molecule is COC(=O)CCc1c(C#N)c(N)nn1-c1c(Cl)cc(C(F)(F)F)cc1Cl. The first-order chi connectivity index (χ1) is 12.1. The zero-order chi connectivity index (χ0) is 19.6. The van der Waals surface area contributed by atoms with Crippen molar-refractivity contribution in [1.29, 1.82) is 5.26 Å². The Labute approximate surface area is 155 Å². The highest BCUT2D eigenvalue weighted by molar-refractivity contribution is 6.37. The van der Waals surface area contributed by atoms with E-state index in [1.165, 1.54) is 7.11 Å². The number of anilines is 1. The van der Waals surface area contributed by atoms with Gasteiger partial charge in [-0.1, -0.05) is 23.2 Å². The Morgan fingerprint density at radius 2 is 1.96 bits per heavy atom. The molecule has 0 saturated carbocycles. The van der Waals surface area contributed by atoms with Crippen LogP contribution in [0.25, 0.3) is 5.69 Å². The standard InChI is InChI=1S/C15H11Cl2F3N4O2/c1-26-12(25)3-2-11-8(6-21)14(22)23-24(11)13-9(16)4-7(5-10(13)17)15(18,19)20/h4-5H,2-3H2,1H3,(H2,22,23). The molecule has 1 heterocycles. The van der Waals surface area contributed by atoms with Crippen molar-refractivity contribution in [1.82, 2.24) is 9.78 Å². The molecule has 26 heavy (non-hydrogen) atoms. The summed E-state index contributed by atoms with van der Waals surface area (Å²) >= 11 is 12.0. The molecule has 0 amide bonds. The molecular formula is C15H11Cl2F3N4O2. The number of methoxy groups -OCH3 is 1. The number of nitrogen functional groups attached to an aromatic ring is 1. The fraction of sp³-hybridized carbons (Fsp3) is 0.267. The predicted molar refractivity (Wildman–Crippen MR) is 88.1 cm³/mol. The van der Waals surface area contributed by atoms with Crippen LogP contribution in [0.5, 0.6) is 0 Å². The minimum absolute atomic E-state index is 0.00650. The normalized spacial score (nSPS) is 11.3.